The average molecular weight is 424 g/mol. The predicted molar refractivity (Wildman–Crippen MR) is 122 cm³/mol. The molecular formula is C25H33N3O3. The van der Waals surface area contributed by atoms with Crippen LogP contribution in [0.2, 0.25) is 0 Å². The van der Waals surface area contributed by atoms with E-state index in [1.807, 2.05) is 25.3 Å². The van der Waals surface area contributed by atoms with Crippen molar-refractivity contribution < 1.29 is 14.6 Å². The minimum atomic E-state index is -0.839. The molecule has 0 bridgehead atoms. The standard InChI is InChI=1S/C25H33N3O3/c1-17-20(13-23(29)30)24(28-11-9-25(2,3)10-12-28)21(15-26-17)22-8-7-19(14-27-22)31-16-18-5-4-6-18/h7-8,14-15,18H,4-6,9-13,16H2,1-3H3,(H,29,30). The number of nitrogens with zero attached hydrogens (tertiary/aromatic N) is 3. The first-order valence-electron chi connectivity index (χ1n) is 11.4. The SMILES string of the molecule is Cc1ncc(-c2ccc(OCC3CCC3)cn2)c(N2CCC(C)(C)CC2)c1CC(=O)O. The Morgan fingerprint density at radius 1 is 1.19 bits per heavy atom. The molecule has 2 aromatic heterocycles. The number of carboxylic acids is 1. The highest BCUT2D eigenvalue weighted by Crippen LogP contribution is 2.39. The molecule has 6 nitrogen and oxygen atoms in total. The van der Waals surface area contributed by atoms with E-state index in [0.29, 0.717) is 11.3 Å². The van der Waals surface area contributed by atoms with E-state index in [2.05, 4.69) is 28.7 Å². The lowest BCUT2D eigenvalue weighted by molar-refractivity contribution is -0.136. The maximum absolute atomic E-state index is 11.6. The van der Waals surface area contributed by atoms with Crippen LogP contribution in [0, 0.1) is 18.3 Å². The van der Waals surface area contributed by atoms with Crippen molar-refractivity contribution in [3.8, 4) is 17.0 Å². The van der Waals surface area contributed by atoms with E-state index in [1.54, 1.807) is 6.20 Å². The number of pyridine rings is 2. The molecule has 2 aliphatic rings. The van der Waals surface area contributed by atoms with Gasteiger partial charge in [0, 0.05) is 36.1 Å². The minimum Gasteiger partial charge on any atom is -0.492 e. The summed E-state index contributed by atoms with van der Waals surface area (Å²) in [5.74, 6) is 0.616. The van der Waals surface area contributed by atoms with E-state index in [9.17, 15) is 9.90 Å². The Morgan fingerprint density at radius 3 is 2.52 bits per heavy atom. The number of carbonyl (C=O) groups is 1. The molecular weight excluding hydrogens is 390 g/mol. The Hall–Kier alpha value is -2.63. The molecule has 1 N–H and O–H groups in total. The van der Waals surface area contributed by atoms with E-state index >= 15 is 0 Å². The second-order valence-corrected chi connectivity index (χ2v) is 9.79. The highest BCUT2D eigenvalue weighted by atomic mass is 16.5. The van der Waals surface area contributed by atoms with Gasteiger partial charge in [-0.25, -0.2) is 0 Å². The molecule has 0 spiro atoms. The van der Waals surface area contributed by atoms with Crippen molar-refractivity contribution in [3.05, 3.63) is 35.8 Å². The molecule has 1 aliphatic heterocycles. The Kier molecular flexibility index (Phi) is 6.17. The highest BCUT2D eigenvalue weighted by Gasteiger charge is 2.29. The zero-order valence-electron chi connectivity index (χ0n) is 18.9. The summed E-state index contributed by atoms with van der Waals surface area (Å²) in [5.41, 5.74) is 4.54. The van der Waals surface area contributed by atoms with Crippen molar-refractivity contribution in [1.29, 1.82) is 0 Å². The summed E-state index contributed by atoms with van der Waals surface area (Å²) < 4.78 is 5.90. The van der Waals surface area contributed by atoms with Gasteiger partial charge in [-0.15, -0.1) is 0 Å². The fourth-order valence-electron chi connectivity index (χ4n) is 4.38. The van der Waals surface area contributed by atoms with Crippen molar-refractivity contribution >= 4 is 11.7 Å². The smallest absolute Gasteiger partial charge is 0.307 e. The van der Waals surface area contributed by atoms with Crippen molar-refractivity contribution in [1.82, 2.24) is 9.97 Å². The van der Waals surface area contributed by atoms with Crippen molar-refractivity contribution in [2.75, 3.05) is 24.6 Å². The first-order valence-corrected chi connectivity index (χ1v) is 11.4. The van der Waals surface area contributed by atoms with Crippen molar-refractivity contribution in [2.24, 2.45) is 11.3 Å². The van der Waals surface area contributed by atoms with Gasteiger partial charge in [-0.1, -0.05) is 20.3 Å². The minimum absolute atomic E-state index is 0.0372. The van der Waals surface area contributed by atoms with Crippen LogP contribution < -0.4 is 9.64 Å². The van der Waals surface area contributed by atoms with Crippen LogP contribution in [-0.2, 0) is 11.2 Å². The third-order valence-electron chi connectivity index (χ3n) is 6.85. The van der Waals surface area contributed by atoms with Crippen molar-refractivity contribution in [2.45, 2.75) is 59.3 Å². The first-order chi connectivity index (χ1) is 14.8. The monoisotopic (exact) mass is 423 g/mol. The Morgan fingerprint density at radius 2 is 1.94 bits per heavy atom. The van der Waals surface area contributed by atoms with Crippen LogP contribution in [-0.4, -0.2) is 40.7 Å². The summed E-state index contributed by atoms with van der Waals surface area (Å²) in [7, 11) is 0. The quantitative estimate of drug-likeness (QED) is 0.684. The number of carboxylic acid groups (broad SMARTS) is 1. The number of rotatable bonds is 7. The van der Waals surface area contributed by atoms with Gasteiger partial charge >= 0.3 is 5.97 Å². The number of anilines is 1. The molecule has 0 unspecified atom stereocenters. The first kappa shape index (κ1) is 21.6. The zero-order valence-corrected chi connectivity index (χ0v) is 18.9. The molecule has 1 aliphatic carbocycles. The number of aromatic nitrogens is 2. The van der Waals surface area contributed by atoms with Gasteiger partial charge in [-0.05, 0) is 56.1 Å². The van der Waals surface area contributed by atoms with Crippen LogP contribution in [0.1, 0.15) is 57.2 Å². The molecule has 0 radical (unpaired) electrons. The molecule has 2 aromatic rings. The second-order valence-electron chi connectivity index (χ2n) is 9.79. The Bertz CT molecular complexity index is 926. The summed E-state index contributed by atoms with van der Waals surface area (Å²) >= 11 is 0. The Labute approximate surface area is 184 Å². The number of aryl methyl sites for hydroxylation is 1. The van der Waals surface area contributed by atoms with Crippen LogP contribution in [0.25, 0.3) is 11.3 Å². The van der Waals surface area contributed by atoms with Crippen LogP contribution in [0.3, 0.4) is 0 Å². The zero-order chi connectivity index (χ0) is 22.0. The highest BCUT2D eigenvalue weighted by molar-refractivity contribution is 5.83. The van der Waals surface area contributed by atoms with E-state index in [0.717, 1.165) is 66.5 Å². The number of ether oxygens (including phenoxy) is 1. The molecule has 6 heteroatoms. The number of hydrogen-bond acceptors (Lipinski definition) is 5. The van der Waals surface area contributed by atoms with Gasteiger partial charge < -0.3 is 14.7 Å². The summed E-state index contributed by atoms with van der Waals surface area (Å²) in [4.78, 5) is 23.2. The molecule has 31 heavy (non-hydrogen) atoms. The maximum Gasteiger partial charge on any atom is 0.307 e. The number of aliphatic carboxylic acids is 1. The van der Waals surface area contributed by atoms with E-state index in [4.69, 9.17) is 4.74 Å². The molecule has 2 fully saturated rings. The molecule has 3 heterocycles. The summed E-state index contributed by atoms with van der Waals surface area (Å²) in [6.45, 7) is 9.04. The molecule has 0 atom stereocenters. The molecule has 166 valence electrons. The van der Waals surface area contributed by atoms with Gasteiger partial charge in [0.2, 0.25) is 0 Å². The van der Waals surface area contributed by atoms with Crippen LogP contribution >= 0.6 is 0 Å². The van der Waals surface area contributed by atoms with E-state index in [-0.39, 0.29) is 6.42 Å². The van der Waals surface area contributed by atoms with Gasteiger partial charge in [-0.2, -0.15) is 0 Å². The largest absolute Gasteiger partial charge is 0.492 e. The van der Waals surface area contributed by atoms with Gasteiger partial charge in [0.1, 0.15) is 5.75 Å². The average Bonchev–Trinajstić information content (AvgIpc) is 2.69. The third kappa shape index (κ3) is 5.00. The topological polar surface area (TPSA) is 75.6 Å². The summed E-state index contributed by atoms with van der Waals surface area (Å²) in [6, 6.07) is 3.92. The van der Waals surface area contributed by atoms with E-state index in [1.165, 1.54) is 19.3 Å². The number of piperidine rings is 1. The molecule has 0 aromatic carbocycles. The second kappa shape index (κ2) is 8.85. The lowest BCUT2D eigenvalue weighted by Crippen LogP contribution is -2.38. The molecule has 1 saturated heterocycles. The fraction of sp³-hybridized carbons (Fsp3) is 0.560. The maximum atomic E-state index is 11.6. The van der Waals surface area contributed by atoms with Gasteiger partial charge in [0.15, 0.2) is 0 Å². The third-order valence-corrected chi connectivity index (χ3v) is 6.85. The van der Waals surface area contributed by atoms with Gasteiger partial charge in [0.05, 0.1) is 30.6 Å². The normalized spacial score (nSPS) is 18.5. The summed E-state index contributed by atoms with van der Waals surface area (Å²) in [6.07, 6.45) is 9.53. The lowest BCUT2D eigenvalue weighted by atomic mass is 9.82. The van der Waals surface area contributed by atoms with Crippen LogP contribution in [0.15, 0.2) is 24.5 Å². The lowest BCUT2D eigenvalue weighted by Gasteiger charge is -2.40. The fourth-order valence-corrected chi connectivity index (χ4v) is 4.38. The van der Waals surface area contributed by atoms with Gasteiger partial charge in [-0.3, -0.25) is 14.8 Å². The predicted octanol–water partition coefficient (Wildman–Crippen LogP) is 4.88. The van der Waals surface area contributed by atoms with Crippen LogP contribution in [0.4, 0.5) is 5.69 Å². The Balaban J connectivity index is 1.65. The molecule has 1 saturated carbocycles. The van der Waals surface area contributed by atoms with Crippen LogP contribution in [0.5, 0.6) is 5.75 Å². The molecule has 4 rings (SSSR count). The van der Waals surface area contributed by atoms with Gasteiger partial charge in [0.25, 0.3) is 0 Å². The van der Waals surface area contributed by atoms with E-state index < -0.39 is 5.97 Å². The molecule has 0 amide bonds. The number of hydrogen-bond donors (Lipinski definition) is 1. The summed E-state index contributed by atoms with van der Waals surface area (Å²) in [5, 5.41) is 9.55. The van der Waals surface area contributed by atoms with Crippen molar-refractivity contribution in [3.63, 3.8) is 0 Å².